The van der Waals surface area contributed by atoms with E-state index in [-0.39, 0.29) is 6.09 Å². The molecule has 4 nitrogen and oxygen atoms in total. The minimum absolute atomic E-state index is 0.310. The van der Waals surface area contributed by atoms with Gasteiger partial charge in [-0.3, -0.25) is 0 Å². The van der Waals surface area contributed by atoms with Crippen molar-refractivity contribution >= 4 is 6.09 Å². The van der Waals surface area contributed by atoms with Gasteiger partial charge in [0.1, 0.15) is 5.60 Å². The van der Waals surface area contributed by atoms with Crippen molar-refractivity contribution in [2.24, 2.45) is 5.92 Å². The Labute approximate surface area is 106 Å². The Balaban J connectivity index is 3.91. The predicted molar refractivity (Wildman–Crippen MR) is 71.2 cm³/mol. The van der Waals surface area contributed by atoms with E-state index in [4.69, 9.17) is 4.74 Å². The van der Waals surface area contributed by atoms with Gasteiger partial charge in [0.2, 0.25) is 0 Å². The Morgan fingerprint density at radius 1 is 1.29 bits per heavy atom. The minimum Gasteiger partial charge on any atom is -0.444 e. The second kappa shape index (κ2) is 6.84. The topological polar surface area (TPSA) is 41.6 Å². The van der Waals surface area contributed by atoms with Crippen LogP contribution in [0, 0.1) is 5.92 Å². The molecule has 0 bridgehead atoms. The summed E-state index contributed by atoms with van der Waals surface area (Å²) in [5.41, 5.74) is -0.433. The molecule has 1 N–H and O–H groups in total. The van der Waals surface area contributed by atoms with E-state index in [1.54, 1.807) is 0 Å². The second-order valence-corrected chi connectivity index (χ2v) is 6.07. The number of likely N-dealkylation sites (N-methyl/N-ethyl adjacent to an activating group) is 1. The maximum atomic E-state index is 11.5. The molecule has 0 unspecified atom stereocenters. The number of hydrogen-bond donors (Lipinski definition) is 1. The number of amides is 1. The first kappa shape index (κ1) is 16.2. The van der Waals surface area contributed by atoms with Crippen LogP contribution in [0.25, 0.3) is 0 Å². The lowest BCUT2D eigenvalue weighted by molar-refractivity contribution is 0.0512. The van der Waals surface area contributed by atoms with Gasteiger partial charge >= 0.3 is 6.09 Å². The van der Waals surface area contributed by atoms with Crippen molar-refractivity contribution in [3.8, 4) is 0 Å². The number of nitrogens with zero attached hydrogens (tertiary/aromatic N) is 1. The van der Waals surface area contributed by atoms with Crippen LogP contribution in [0.3, 0.4) is 0 Å². The molecule has 1 amide bonds. The lowest BCUT2D eigenvalue weighted by atomic mass is 10.2. The van der Waals surface area contributed by atoms with Crippen LogP contribution in [-0.2, 0) is 4.74 Å². The van der Waals surface area contributed by atoms with E-state index in [0.29, 0.717) is 18.5 Å². The third-order valence-corrected chi connectivity index (χ3v) is 2.35. The first-order valence-corrected chi connectivity index (χ1v) is 6.29. The normalized spacial score (nSPS) is 13.9. The molecular weight excluding hydrogens is 216 g/mol. The third kappa shape index (κ3) is 8.98. The Bertz CT molecular complexity index is 234. The molecule has 0 rings (SSSR count). The van der Waals surface area contributed by atoms with Gasteiger partial charge in [0, 0.05) is 19.1 Å². The molecule has 0 aromatic heterocycles. The molecule has 0 spiro atoms. The van der Waals surface area contributed by atoms with E-state index in [0.717, 1.165) is 6.54 Å². The molecule has 0 aliphatic carbocycles. The van der Waals surface area contributed by atoms with Gasteiger partial charge in [-0.25, -0.2) is 4.79 Å². The first-order chi connectivity index (χ1) is 7.61. The van der Waals surface area contributed by atoms with Crippen LogP contribution in [0.1, 0.15) is 41.5 Å². The summed E-state index contributed by atoms with van der Waals surface area (Å²) in [6, 6.07) is 0.310. The summed E-state index contributed by atoms with van der Waals surface area (Å²) in [5, 5.41) is 2.79. The number of alkyl carbamates (subject to hydrolysis) is 1. The van der Waals surface area contributed by atoms with Crippen LogP contribution in [0.2, 0.25) is 0 Å². The van der Waals surface area contributed by atoms with Crippen molar-refractivity contribution in [2.75, 3.05) is 20.1 Å². The Morgan fingerprint density at radius 3 is 2.24 bits per heavy atom. The Morgan fingerprint density at radius 2 is 1.82 bits per heavy atom. The maximum Gasteiger partial charge on any atom is 0.407 e. The number of hydrogen-bond acceptors (Lipinski definition) is 3. The van der Waals surface area contributed by atoms with Gasteiger partial charge in [-0.1, -0.05) is 13.8 Å². The highest BCUT2D eigenvalue weighted by atomic mass is 16.6. The summed E-state index contributed by atoms with van der Waals surface area (Å²) in [6.07, 6.45) is -0.345. The highest BCUT2D eigenvalue weighted by Gasteiger charge is 2.17. The molecule has 0 aromatic rings. The fourth-order valence-electron chi connectivity index (χ4n) is 1.46. The average Bonchev–Trinajstić information content (AvgIpc) is 2.10. The van der Waals surface area contributed by atoms with Gasteiger partial charge in [-0.05, 0) is 40.7 Å². The Kier molecular flexibility index (Phi) is 6.53. The van der Waals surface area contributed by atoms with Gasteiger partial charge in [-0.15, -0.1) is 0 Å². The second-order valence-electron chi connectivity index (χ2n) is 6.07. The lowest BCUT2D eigenvalue weighted by Gasteiger charge is -2.27. The van der Waals surface area contributed by atoms with Crippen LogP contribution in [-0.4, -0.2) is 42.8 Å². The molecule has 1 atom stereocenters. The zero-order valence-corrected chi connectivity index (χ0v) is 12.3. The highest BCUT2D eigenvalue weighted by molar-refractivity contribution is 5.67. The average molecular weight is 244 g/mol. The standard InChI is InChI=1S/C13H28N2O2/c1-10(2)9-15(7)11(3)8-14-12(16)17-13(4,5)6/h10-11H,8-9H2,1-7H3,(H,14,16)/t11-/m0/s1. The van der Waals surface area contributed by atoms with Crippen LogP contribution >= 0.6 is 0 Å². The third-order valence-electron chi connectivity index (χ3n) is 2.35. The van der Waals surface area contributed by atoms with E-state index >= 15 is 0 Å². The van der Waals surface area contributed by atoms with Crippen LogP contribution in [0.15, 0.2) is 0 Å². The molecule has 0 saturated heterocycles. The number of carbonyl (C=O) groups is 1. The number of carbonyl (C=O) groups excluding carboxylic acids is 1. The monoisotopic (exact) mass is 244 g/mol. The summed E-state index contributed by atoms with van der Waals surface area (Å²) in [7, 11) is 2.07. The Hall–Kier alpha value is -0.770. The fourth-order valence-corrected chi connectivity index (χ4v) is 1.46. The molecule has 0 fully saturated rings. The molecule has 4 heteroatoms. The fraction of sp³-hybridized carbons (Fsp3) is 0.923. The molecule has 0 saturated carbocycles. The highest BCUT2D eigenvalue weighted by Crippen LogP contribution is 2.06. The number of rotatable bonds is 5. The van der Waals surface area contributed by atoms with Gasteiger partial charge in [-0.2, -0.15) is 0 Å². The van der Waals surface area contributed by atoms with Gasteiger partial charge < -0.3 is 15.0 Å². The summed E-state index contributed by atoms with van der Waals surface area (Å²) in [6.45, 7) is 13.7. The van der Waals surface area contributed by atoms with Gasteiger partial charge in [0.15, 0.2) is 0 Å². The van der Waals surface area contributed by atoms with Gasteiger partial charge in [0.05, 0.1) is 0 Å². The summed E-state index contributed by atoms with van der Waals surface area (Å²) in [5.74, 6) is 0.629. The van der Waals surface area contributed by atoms with Crippen molar-refractivity contribution in [3.63, 3.8) is 0 Å². The molecule has 0 radical (unpaired) electrons. The molecular formula is C13H28N2O2. The molecule has 102 valence electrons. The quantitative estimate of drug-likeness (QED) is 0.808. The molecule has 0 aromatic carbocycles. The molecule has 0 heterocycles. The van der Waals surface area contributed by atoms with E-state index in [9.17, 15) is 4.79 Å². The lowest BCUT2D eigenvalue weighted by Crippen LogP contribution is -2.43. The molecule has 0 aliphatic rings. The zero-order valence-electron chi connectivity index (χ0n) is 12.3. The maximum absolute atomic E-state index is 11.5. The van der Waals surface area contributed by atoms with E-state index in [1.807, 2.05) is 20.8 Å². The summed E-state index contributed by atoms with van der Waals surface area (Å²) < 4.78 is 5.18. The van der Waals surface area contributed by atoms with Crippen molar-refractivity contribution in [1.82, 2.24) is 10.2 Å². The largest absolute Gasteiger partial charge is 0.444 e. The SMILES string of the molecule is CC(C)CN(C)[C@@H](C)CNC(=O)OC(C)(C)C. The predicted octanol–water partition coefficient (Wildman–Crippen LogP) is 2.49. The van der Waals surface area contributed by atoms with E-state index in [1.165, 1.54) is 0 Å². The van der Waals surface area contributed by atoms with Crippen molar-refractivity contribution in [3.05, 3.63) is 0 Å². The zero-order chi connectivity index (χ0) is 13.6. The first-order valence-electron chi connectivity index (χ1n) is 6.29. The minimum atomic E-state index is -0.433. The van der Waals surface area contributed by atoms with Crippen LogP contribution in [0.5, 0.6) is 0 Å². The summed E-state index contributed by atoms with van der Waals surface area (Å²) >= 11 is 0. The summed E-state index contributed by atoms with van der Waals surface area (Å²) in [4.78, 5) is 13.7. The number of nitrogens with one attached hydrogen (secondary N) is 1. The molecule has 17 heavy (non-hydrogen) atoms. The van der Waals surface area contributed by atoms with Crippen LogP contribution < -0.4 is 5.32 Å². The van der Waals surface area contributed by atoms with E-state index < -0.39 is 5.60 Å². The van der Waals surface area contributed by atoms with Crippen molar-refractivity contribution in [1.29, 1.82) is 0 Å². The van der Waals surface area contributed by atoms with Gasteiger partial charge in [0.25, 0.3) is 0 Å². The van der Waals surface area contributed by atoms with Crippen LogP contribution in [0.4, 0.5) is 4.79 Å². The van der Waals surface area contributed by atoms with Crippen molar-refractivity contribution in [2.45, 2.75) is 53.2 Å². The van der Waals surface area contributed by atoms with E-state index in [2.05, 4.69) is 38.0 Å². The van der Waals surface area contributed by atoms with Crippen molar-refractivity contribution < 1.29 is 9.53 Å². The number of ether oxygens (including phenoxy) is 1. The molecule has 0 aliphatic heterocycles. The smallest absolute Gasteiger partial charge is 0.407 e.